The zero-order valence-corrected chi connectivity index (χ0v) is 17.2. The molecule has 158 valence electrons. The van der Waals surface area contributed by atoms with Crippen molar-refractivity contribution in [1.82, 2.24) is 10.2 Å². The first kappa shape index (κ1) is 22.8. The maximum absolute atomic E-state index is 14.1. The van der Waals surface area contributed by atoms with Gasteiger partial charge in [0.2, 0.25) is 0 Å². The van der Waals surface area contributed by atoms with Crippen LogP contribution in [0.15, 0.2) is 66.5 Å². The molecule has 1 aliphatic carbocycles. The number of carbonyl (C=O) groups is 1. The molecule has 3 rings (SSSR count). The van der Waals surface area contributed by atoms with Gasteiger partial charge in [-0.1, -0.05) is 62.8 Å². The van der Waals surface area contributed by atoms with Gasteiger partial charge in [0.05, 0.1) is 18.1 Å². The van der Waals surface area contributed by atoms with E-state index in [2.05, 4.69) is 18.8 Å². The van der Waals surface area contributed by atoms with Crippen LogP contribution in [0.3, 0.4) is 0 Å². The van der Waals surface area contributed by atoms with Crippen LogP contribution < -0.4 is 5.32 Å². The summed E-state index contributed by atoms with van der Waals surface area (Å²) in [6.45, 7) is 8.33. The number of halogens is 3. The maximum atomic E-state index is 14.1. The molecule has 2 fully saturated rings. The van der Waals surface area contributed by atoms with Crippen LogP contribution in [-0.2, 0) is 5.54 Å². The van der Waals surface area contributed by atoms with Crippen LogP contribution in [0.5, 0.6) is 0 Å². The Hall–Kier alpha value is -2.50. The Balaban J connectivity index is 0.000000666. The number of amides is 2. The summed E-state index contributed by atoms with van der Waals surface area (Å²) in [7, 11) is 0. The smallest absolute Gasteiger partial charge is 0.319 e. The topological polar surface area (TPSA) is 32.3 Å². The molecule has 2 atom stereocenters. The summed E-state index contributed by atoms with van der Waals surface area (Å²) in [6, 6.07) is 7.66. The largest absolute Gasteiger partial charge is 0.332 e. The molecule has 2 unspecified atom stereocenters. The lowest BCUT2D eigenvalue weighted by Crippen LogP contribution is -2.63. The highest BCUT2D eigenvalue weighted by molar-refractivity contribution is 5.79. The van der Waals surface area contributed by atoms with Gasteiger partial charge in [0.15, 0.2) is 0 Å². The highest BCUT2D eigenvalue weighted by Crippen LogP contribution is 2.41. The molecule has 1 aromatic carbocycles. The van der Waals surface area contributed by atoms with Gasteiger partial charge in [0.1, 0.15) is 5.83 Å². The monoisotopic (exact) mass is 406 g/mol. The first-order valence-electron chi connectivity index (χ1n) is 9.82. The Morgan fingerprint density at radius 3 is 2.38 bits per heavy atom. The van der Waals surface area contributed by atoms with E-state index < -0.39 is 36.4 Å². The molecule has 29 heavy (non-hydrogen) atoms. The average Bonchev–Trinajstić information content (AvgIpc) is 3.46. The van der Waals surface area contributed by atoms with Crippen LogP contribution in [0, 0.1) is 5.92 Å². The van der Waals surface area contributed by atoms with Crippen LogP contribution in [0.4, 0.5) is 18.0 Å². The van der Waals surface area contributed by atoms with Gasteiger partial charge in [-0.2, -0.15) is 0 Å². The van der Waals surface area contributed by atoms with E-state index in [1.165, 1.54) is 31.1 Å². The lowest BCUT2D eigenvalue weighted by atomic mass is 9.77. The fourth-order valence-electron chi connectivity index (χ4n) is 3.35. The molecule has 1 saturated carbocycles. The third-order valence-corrected chi connectivity index (χ3v) is 5.25. The number of nitrogens with zero attached hydrogens (tertiary/aromatic N) is 1. The van der Waals surface area contributed by atoms with E-state index in [0.717, 1.165) is 10.8 Å². The van der Waals surface area contributed by atoms with Crippen molar-refractivity contribution in [1.29, 1.82) is 0 Å². The molecule has 2 aliphatic rings. The van der Waals surface area contributed by atoms with E-state index in [1.54, 1.807) is 44.2 Å². The van der Waals surface area contributed by atoms with E-state index in [9.17, 15) is 18.0 Å². The number of nitrogens with one attached hydrogen (secondary N) is 1. The molecular formula is C23H29F3N2O. The summed E-state index contributed by atoms with van der Waals surface area (Å²) in [5.74, 6) is 0.521. The fraction of sp³-hybridized carbons (Fsp3) is 0.435. The SMILES string of the molecule is C=C/C=C(F)\C=C1/C(C)NC(=O)N(CC(F)F)C1(C)c1ccccc1.CC1CC1. The van der Waals surface area contributed by atoms with Gasteiger partial charge in [-0.05, 0) is 43.1 Å². The number of carbonyl (C=O) groups excluding carboxylic acids is 1. The molecule has 1 saturated heterocycles. The average molecular weight is 406 g/mol. The number of benzene rings is 1. The van der Waals surface area contributed by atoms with Crippen molar-refractivity contribution in [3.63, 3.8) is 0 Å². The number of urea groups is 1. The minimum atomic E-state index is -2.71. The number of alkyl halides is 2. The predicted octanol–water partition coefficient (Wildman–Crippen LogP) is 5.96. The second-order valence-corrected chi connectivity index (χ2v) is 7.68. The fourth-order valence-corrected chi connectivity index (χ4v) is 3.35. The third kappa shape index (κ3) is 5.75. The van der Waals surface area contributed by atoms with Gasteiger partial charge in [0, 0.05) is 0 Å². The zero-order chi connectivity index (χ0) is 21.6. The molecule has 6 heteroatoms. The van der Waals surface area contributed by atoms with E-state index in [4.69, 9.17) is 0 Å². The van der Waals surface area contributed by atoms with Gasteiger partial charge >= 0.3 is 6.03 Å². The minimum absolute atomic E-state index is 0.481. The van der Waals surface area contributed by atoms with Crippen LogP contribution in [-0.4, -0.2) is 29.9 Å². The van der Waals surface area contributed by atoms with Crippen molar-refractivity contribution in [3.05, 3.63) is 72.1 Å². The van der Waals surface area contributed by atoms with Gasteiger partial charge in [0.25, 0.3) is 6.43 Å². The first-order valence-corrected chi connectivity index (χ1v) is 9.82. The first-order chi connectivity index (χ1) is 13.7. The Kier molecular flexibility index (Phi) is 7.71. The van der Waals surface area contributed by atoms with E-state index in [1.807, 2.05) is 0 Å². The number of rotatable bonds is 5. The summed E-state index contributed by atoms with van der Waals surface area (Å²) < 4.78 is 40.4. The van der Waals surface area contributed by atoms with Crippen molar-refractivity contribution in [3.8, 4) is 0 Å². The molecule has 0 radical (unpaired) electrons. The maximum Gasteiger partial charge on any atom is 0.319 e. The standard InChI is InChI=1S/C19H21F3N2O.C4H8/c1-4-8-15(20)11-16-13(2)23-18(25)24(12-17(21)22)19(16,3)14-9-6-5-7-10-14;1-4-2-3-4/h4-11,13,17H,1,12H2,2-3H3,(H,23,25);4H,2-3H2,1H3/b15-8+,16-11+;. The Bertz CT molecular complexity index is 772. The van der Waals surface area contributed by atoms with Gasteiger partial charge in [-0.15, -0.1) is 0 Å². The molecule has 0 aromatic heterocycles. The molecule has 1 aliphatic heterocycles. The van der Waals surface area contributed by atoms with Gasteiger partial charge in [-0.3, -0.25) is 0 Å². The van der Waals surface area contributed by atoms with Crippen molar-refractivity contribution >= 4 is 6.03 Å². The Labute approximate surface area is 171 Å². The van der Waals surface area contributed by atoms with Crippen molar-refractivity contribution < 1.29 is 18.0 Å². The molecule has 1 aromatic rings. The summed E-state index contributed by atoms with van der Waals surface area (Å²) >= 11 is 0. The van der Waals surface area contributed by atoms with Crippen LogP contribution in [0.25, 0.3) is 0 Å². The van der Waals surface area contributed by atoms with Crippen molar-refractivity contribution in [2.75, 3.05) is 6.54 Å². The minimum Gasteiger partial charge on any atom is -0.332 e. The summed E-state index contributed by atoms with van der Waals surface area (Å²) in [6.07, 6.45) is 4.02. The van der Waals surface area contributed by atoms with Crippen LogP contribution in [0.1, 0.15) is 39.2 Å². The number of hydrogen-bond acceptors (Lipinski definition) is 1. The zero-order valence-electron chi connectivity index (χ0n) is 17.2. The summed E-state index contributed by atoms with van der Waals surface area (Å²) in [5.41, 5.74) is -0.0873. The second kappa shape index (κ2) is 9.81. The normalized spacial score (nSPS) is 26.1. The van der Waals surface area contributed by atoms with E-state index in [0.29, 0.717) is 11.1 Å². The molecule has 1 heterocycles. The molecule has 0 bridgehead atoms. The summed E-state index contributed by atoms with van der Waals surface area (Å²) in [5, 5.41) is 2.62. The lowest BCUT2D eigenvalue weighted by molar-refractivity contribution is 0.0495. The second-order valence-electron chi connectivity index (χ2n) is 7.68. The van der Waals surface area contributed by atoms with E-state index >= 15 is 0 Å². The number of allylic oxidation sites excluding steroid dienone is 4. The Morgan fingerprint density at radius 2 is 1.90 bits per heavy atom. The highest BCUT2D eigenvalue weighted by atomic mass is 19.3. The number of hydrogen-bond donors (Lipinski definition) is 1. The quantitative estimate of drug-likeness (QED) is 0.601. The van der Waals surface area contributed by atoms with Gasteiger partial charge < -0.3 is 10.2 Å². The van der Waals surface area contributed by atoms with Crippen LogP contribution >= 0.6 is 0 Å². The predicted molar refractivity (Wildman–Crippen MR) is 110 cm³/mol. The van der Waals surface area contributed by atoms with E-state index in [-0.39, 0.29) is 0 Å². The molecule has 3 nitrogen and oxygen atoms in total. The Morgan fingerprint density at radius 1 is 1.31 bits per heavy atom. The third-order valence-electron chi connectivity index (χ3n) is 5.25. The molecule has 1 N–H and O–H groups in total. The van der Waals surface area contributed by atoms with Crippen molar-refractivity contribution in [2.24, 2.45) is 5.92 Å². The highest BCUT2D eigenvalue weighted by Gasteiger charge is 2.47. The van der Waals surface area contributed by atoms with Crippen LogP contribution in [0.2, 0.25) is 0 Å². The molecule has 0 spiro atoms. The molecule has 2 amide bonds. The lowest BCUT2D eigenvalue weighted by Gasteiger charge is -2.49. The summed E-state index contributed by atoms with van der Waals surface area (Å²) in [4.78, 5) is 13.5. The van der Waals surface area contributed by atoms with Gasteiger partial charge in [-0.25, -0.2) is 18.0 Å². The molecular weight excluding hydrogens is 377 g/mol. The van der Waals surface area contributed by atoms with Crippen molar-refractivity contribution in [2.45, 2.75) is 51.6 Å².